The number of hydrogen-bond donors (Lipinski definition) is 1. The Morgan fingerprint density at radius 3 is 2.71 bits per heavy atom. The monoisotopic (exact) mass is 284 g/mol. The van der Waals surface area contributed by atoms with E-state index in [9.17, 15) is 9.59 Å². The molecule has 2 aromatic rings. The molecule has 21 heavy (non-hydrogen) atoms. The Kier molecular flexibility index (Phi) is 3.51. The molecule has 1 fully saturated rings. The van der Waals surface area contributed by atoms with Crippen molar-refractivity contribution in [3.63, 3.8) is 0 Å². The van der Waals surface area contributed by atoms with Gasteiger partial charge in [0.1, 0.15) is 0 Å². The summed E-state index contributed by atoms with van der Waals surface area (Å²) in [5.41, 5.74) is 7.35. The van der Waals surface area contributed by atoms with Crippen molar-refractivity contribution in [1.82, 2.24) is 14.9 Å². The minimum absolute atomic E-state index is 0.0893. The van der Waals surface area contributed by atoms with Gasteiger partial charge in [-0.05, 0) is 31.0 Å². The Bertz CT molecular complexity index is 701. The van der Waals surface area contributed by atoms with E-state index in [2.05, 4.69) is 9.97 Å². The Hall–Kier alpha value is -2.50. The first-order chi connectivity index (χ1) is 10.1. The van der Waals surface area contributed by atoms with Crippen LogP contribution < -0.4 is 5.73 Å². The Morgan fingerprint density at radius 1 is 1.19 bits per heavy atom. The first-order valence-corrected chi connectivity index (χ1v) is 6.94. The summed E-state index contributed by atoms with van der Waals surface area (Å²) in [6, 6.07) is 5.26. The first kappa shape index (κ1) is 13.5. The summed E-state index contributed by atoms with van der Waals surface area (Å²) in [4.78, 5) is 33.9. The third-order valence-corrected chi connectivity index (χ3v) is 3.83. The van der Waals surface area contributed by atoms with Crippen LogP contribution in [0.25, 0.3) is 11.0 Å². The van der Waals surface area contributed by atoms with Crippen LogP contribution in [0.2, 0.25) is 0 Å². The molecule has 1 aliphatic heterocycles. The van der Waals surface area contributed by atoms with Crippen molar-refractivity contribution in [3.8, 4) is 0 Å². The topological polar surface area (TPSA) is 89.2 Å². The van der Waals surface area contributed by atoms with Crippen molar-refractivity contribution in [2.45, 2.75) is 12.8 Å². The molecule has 0 bridgehead atoms. The van der Waals surface area contributed by atoms with E-state index < -0.39 is 0 Å². The lowest BCUT2D eigenvalue weighted by Crippen LogP contribution is -2.44. The fourth-order valence-electron chi connectivity index (χ4n) is 2.67. The SMILES string of the molecule is NC(=O)C1CCCN(C(=O)c2ccc3nccnc3c2)C1. The molecule has 0 spiro atoms. The minimum Gasteiger partial charge on any atom is -0.369 e. The molecule has 1 unspecified atom stereocenters. The number of benzene rings is 1. The fourth-order valence-corrected chi connectivity index (χ4v) is 2.67. The minimum atomic E-state index is -0.336. The van der Waals surface area contributed by atoms with Gasteiger partial charge < -0.3 is 10.6 Å². The summed E-state index contributed by atoms with van der Waals surface area (Å²) in [6.07, 6.45) is 4.77. The second-order valence-electron chi connectivity index (χ2n) is 5.25. The lowest BCUT2D eigenvalue weighted by Gasteiger charge is -2.31. The highest BCUT2D eigenvalue weighted by atomic mass is 16.2. The van der Waals surface area contributed by atoms with E-state index in [1.807, 2.05) is 0 Å². The zero-order valence-electron chi connectivity index (χ0n) is 11.5. The molecule has 2 heterocycles. The van der Waals surface area contributed by atoms with Gasteiger partial charge in [-0.15, -0.1) is 0 Å². The van der Waals surface area contributed by atoms with Crippen LogP contribution in [0.1, 0.15) is 23.2 Å². The maximum atomic E-state index is 12.5. The van der Waals surface area contributed by atoms with Crippen LogP contribution in [0.4, 0.5) is 0 Å². The van der Waals surface area contributed by atoms with Crippen LogP contribution in [0.3, 0.4) is 0 Å². The molecule has 1 aromatic heterocycles. The highest BCUT2D eigenvalue weighted by Gasteiger charge is 2.27. The maximum absolute atomic E-state index is 12.5. The van der Waals surface area contributed by atoms with Gasteiger partial charge in [-0.1, -0.05) is 0 Å². The van der Waals surface area contributed by atoms with Crippen molar-refractivity contribution < 1.29 is 9.59 Å². The highest BCUT2D eigenvalue weighted by molar-refractivity contribution is 5.97. The molecule has 3 rings (SSSR count). The van der Waals surface area contributed by atoms with E-state index >= 15 is 0 Å². The van der Waals surface area contributed by atoms with Crippen molar-refractivity contribution >= 4 is 22.8 Å². The second-order valence-corrected chi connectivity index (χ2v) is 5.25. The first-order valence-electron chi connectivity index (χ1n) is 6.94. The zero-order valence-corrected chi connectivity index (χ0v) is 11.5. The normalized spacial score (nSPS) is 18.7. The Labute approximate surface area is 122 Å². The van der Waals surface area contributed by atoms with Crippen LogP contribution >= 0.6 is 0 Å². The van der Waals surface area contributed by atoms with E-state index in [1.165, 1.54) is 0 Å². The summed E-state index contributed by atoms with van der Waals surface area (Å²) >= 11 is 0. The molecule has 6 heteroatoms. The van der Waals surface area contributed by atoms with Crippen LogP contribution in [-0.2, 0) is 4.79 Å². The molecule has 108 valence electrons. The quantitative estimate of drug-likeness (QED) is 0.889. The summed E-state index contributed by atoms with van der Waals surface area (Å²) in [5, 5.41) is 0. The Morgan fingerprint density at radius 2 is 1.95 bits per heavy atom. The molecule has 1 atom stereocenters. The van der Waals surface area contributed by atoms with Gasteiger partial charge in [0.2, 0.25) is 5.91 Å². The van der Waals surface area contributed by atoms with Gasteiger partial charge in [-0.25, -0.2) is 0 Å². The van der Waals surface area contributed by atoms with Crippen molar-refractivity contribution in [2.24, 2.45) is 11.7 Å². The molecule has 2 N–H and O–H groups in total. The van der Waals surface area contributed by atoms with E-state index in [0.717, 1.165) is 18.4 Å². The number of amides is 2. The van der Waals surface area contributed by atoms with Crippen molar-refractivity contribution in [1.29, 1.82) is 0 Å². The predicted molar refractivity (Wildman–Crippen MR) is 77.4 cm³/mol. The van der Waals surface area contributed by atoms with E-state index in [-0.39, 0.29) is 17.7 Å². The van der Waals surface area contributed by atoms with Crippen LogP contribution in [0.15, 0.2) is 30.6 Å². The molecule has 6 nitrogen and oxygen atoms in total. The summed E-state index contributed by atoms with van der Waals surface area (Å²) < 4.78 is 0. The average molecular weight is 284 g/mol. The zero-order chi connectivity index (χ0) is 14.8. The van der Waals surface area contributed by atoms with Gasteiger partial charge >= 0.3 is 0 Å². The van der Waals surface area contributed by atoms with Gasteiger partial charge in [-0.2, -0.15) is 0 Å². The van der Waals surface area contributed by atoms with Crippen molar-refractivity contribution in [3.05, 3.63) is 36.2 Å². The van der Waals surface area contributed by atoms with Crippen LogP contribution in [0, 0.1) is 5.92 Å². The number of nitrogens with two attached hydrogens (primary N) is 1. The highest BCUT2D eigenvalue weighted by Crippen LogP contribution is 2.19. The lowest BCUT2D eigenvalue weighted by molar-refractivity contribution is -0.123. The number of likely N-dealkylation sites (tertiary alicyclic amines) is 1. The third kappa shape index (κ3) is 2.69. The molecule has 0 saturated carbocycles. The van der Waals surface area contributed by atoms with E-state index in [1.54, 1.807) is 35.5 Å². The summed E-state index contributed by atoms with van der Waals surface area (Å²) in [5.74, 6) is -0.673. The molecule has 1 saturated heterocycles. The lowest BCUT2D eigenvalue weighted by atomic mass is 9.97. The Balaban J connectivity index is 1.84. The smallest absolute Gasteiger partial charge is 0.253 e. The van der Waals surface area contributed by atoms with Gasteiger partial charge in [-0.3, -0.25) is 19.6 Å². The van der Waals surface area contributed by atoms with E-state index in [0.29, 0.717) is 24.2 Å². The summed E-state index contributed by atoms with van der Waals surface area (Å²) in [6.45, 7) is 1.05. The number of piperidine rings is 1. The standard InChI is InChI=1S/C15H16N4O2/c16-14(20)11-2-1-7-19(9-11)15(21)10-3-4-12-13(8-10)18-6-5-17-12/h3-6,8,11H,1-2,7,9H2,(H2,16,20). The maximum Gasteiger partial charge on any atom is 0.253 e. The third-order valence-electron chi connectivity index (χ3n) is 3.83. The molecule has 1 aliphatic rings. The van der Waals surface area contributed by atoms with Gasteiger partial charge in [0.05, 0.1) is 17.0 Å². The number of rotatable bonds is 2. The molecule has 0 aliphatic carbocycles. The fraction of sp³-hybridized carbons (Fsp3) is 0.333. The van der Waals surface area contributed by atoms with E-state index in [4.69, 9.17) is 5.73 Å². The predicted octanol–water partition coefficient (Wildman–Crippen LogP) is 0.967. The number of primary amides is 1. The van der Waals surface area contributed by atoms with Gasteiger partial charge in [0.15, 0.2) is 0 Å². The largest absolute Gasteiger partial charge is 0.369 e. The number of fused-ring (bicyclic) bond motifs is 1. The molecule has 0 radical (unpaired) electrons. The van der Waals surface area contributed by atoms with Gasteiger partial charge in [0.25, 0.3) is 5.91 Å². The molecular formula is C15H16N4O2. The van der Waals surface area contributed by atoms with Crippen LogP contribution in [-0.4, -0.2) is 39.8 Å². The van der Waals surface area contributed by atoms with Crippen molar-refractivity contribution in [2.75, 3.05) is 13.1 Å². The van der Waals surface area contributed by atoms with Crippen LogP contribution in [0.5, 0.6) is 0 Å². The number of hydrogen-bond acceptors (Lipinski definition) is 4. The average Bonchev–Trinajstić information content (AvgIpc) is 2.53. The van der Waals surface area contributed by atoms with Gasteiger partial charge in [0, 0.05) is 31.0 Å². The number of carbonyl (C=O) groups excluding carboxylic acids is 2. The molecular weight excluding hydrogens is 268 g/mol. The molecule has 1 aromatic carbocycles. The molecule has 2 amide bonds. The number of nitrogens with zero attached hydrogens (tertiary/aromatic N) is 3. The summed E-state index contributed by atoms with van der Waals surface area (Å²) in [7, 11) is 0. The number of aromatic nitrogens is 2. The number of carbonyl (C=O) groups is 2. The second kappa shape index (κ2) is 5.47.